The van der Waals surface area contributed by atoms with Crippen LogP contribution in [0.5, 0.6) is 0 Å². The van der Waals surface area contributed by atoms with Crippen LogP contribution in [0.1, 0.15) is 25.0 Å². The van der Waals surface area contributed by atoms with Crippen molar-refractivity contribution in [2.75, 3.05) is 0 Å². The maximum atomic E-state index is 6.72. The summed E-state index contributed by atoms with van der Waals surface area (Å²) in [5, 5.41) is 6.92. The number of hydrogen-bond donors (Lipinski definition) is 0. The average Bonchev–Trinajstić information content (AvgIpc) is 3.94. The lowest BCUT2D eigenvalue weighted by Gasteiger charge is -2.22. The van der Waals surface area contributed by atoms with Crippen LogP contribution in [0.2, 0.25) is 0 Å². The minimum Gasteiger partial charge on any atom is -0.455 e. The van der Waals surface area contributed by atoms with Gasteiger partial charge in [-0.1, -0.05) is 129 Å². The van der Waals surface area contributed by atoms with Crippen LogP contribution >= 0.6 is 0 Å². The van der Waals surface area contributed by atoms with Crippen LogP contribution in [-0.2, 0) is 5.41 Å². The lowest BCUT2D eigenvalue weighted by molar-refractivity contribution is 0.660. The van der Waals surface area contributed by atoms with Gasteiger partial charge in [0.15, 0.2) is 0 Å². The molecule has 0 amide bonds. The second kappa shape index (κ2) is 10.6. The zero-order valence-corrected chi connectivity index (χ0v) is 29.9. The zero-order chi connectivity index (χ0) is 35.7. The van der Waals surface area contributed by atoms with Gasteiger partial charge in [0.25, 0.3) is 0 Å². The van der Waals surface area contributed by atoms with Crippen molar-refractivity contribution in [2.24, 2.45) is 0 Å². The molecule has 3 heterocycles. The van der Waals surface area contributed by atoms with Crippen molar-refractivity contribution < 1.29 is 8.83 Å². The summed E-state index contributed by atoms with van der Waals surface area (Å²) in [5.74, 6) is 0. The maximum Gasteiger partial charge on any atom is 0.143 e. The molecule has 8 aromatic carbocycles. The number of para-hydroxylation sites is 4. The fraction of sp³-hybridized carbons (Fsp3) is 0.0588. The summed E-state index contributed by atoms with van der Waals surface area (Å²) < 4.78 is 15.6. The van der Waals surface area contributed by atoms with Gasteiger partial charge in [0, 0.05) is 54.5 Å². The third-order valence-electron chi connectivity index (χ3n) is 12.0. The number of hydrogen-bond acceptors (Lipinski definition) is 2. The molecule has 0 N–H and O–H groups in total. The summed E-state index contributed by atoms with van der Waals surface area (Å²) in [7, 11) is 0. The predicted octanol–water partition coefficient (Wildman–Crippen LogP) is 14.2. The van der Waals surface area contributed by atoms with Crippen molar-refractivity contribution >= 4 is 65.7 Å². The molecule has 0 spiro atoms. The van der Waals surface area contributed by atoms with Crippen molar-refractivity contribution in [3.63, 3.8) is 0 Å². The van der Waals surface area contributed by atoms with Crippen LogP contribution in [0.4, 0.5) is 0 Å². The highest BCUT2D eigenvalue weighted by Gasteiger charge is 2.35. The third kappa shape index (κ3) is 3.96. The molecule has 254 valence electrons. The molecule has 12 rings (SSSR count). The van der Waals surface area contributed by atoms with Gasteiger partial charge in [0.2, 0.25) is 0 Å². The fourth-order valence-electron chi connectivity index (χ4n) is 9.42. The molecule has 0 bridgehead atoms. The molecule has 0 fully saturated rings. The Labute approximate surface area is 311 Å². The average molecular weight is 692 g/mol. The number of aromatic nitrogens is 1. The SMILES string of the molecule is CC1(C)c2ccccc2-c2ccc(-c3cc(-n4c5ccccc5c5cc(-c6cccc7c6oc6ccccc67)ccc54)cc4c3oc3ccccc34)cc21. The van der Waals surface area contributed by atoms with Crippen molar-refractivity contribution in [2.45, 2.75) is 19.3 Å². The van der Waals surface area contributed by atoms with Crippen molar-refractivity contribution in [3.8, 4) is 39.1 Å². The Bertz CT molecular complexity index is 3370. The number of fused-ring (bicyclic) bond motifs is 12. The second-order valence-corrected chi connectivity index (χ2v) is 15.3. The van der Waals surface area contributed by atoms with Crippen molar-refractivity contribution in [3.05, 3.63) is 175 Å². The summed E-state index contributed by atoms with van der Waals surface area (Å²) >= 11 is 0. The number of benzene rings is 8. The monoisotopic (exact) mass is 691 g/mol. The van der Waals surface area contributed by atoms with Crippen molar-refractivity contribution in [1.29, 1.82) is 0 Å². The normalized spacial score (nSPS) is 13.5. The van der Waals surface area contributed by atoms with E-state index in [9.17, 15) is 0 Å². The van der Waals surface area contributed by atoms with Gasteiger partial charge in [-0.2, -0.15) is 0 Å². The first-order valence-corrected chi connectivity index (χ1v) is 18.7. The molecular weight excluding hydrogens is 659 g/mol. The molecule has 1 aliphatic carbocycles. The molecule has 11 aromatic rings. The highest BCUT2D eigenvalue weighted by Crippen LogP contribution is 2.50. The largest absolute Gasteiger partial charge is 0.455 e. The van der Waals surface area contributed by atoms with Gasteiger partial charge in [-0.15, -0.1) is 0 Å². The van der Waals surface area contributed by atoms with E-state index in [1.54, 1.807) is 0 Å². The smallest absolute Gasteiger partial charge is 0.143 e. The van der Waals surface area contributed by atoms with Crippen LogP contribution in [0, 0.1) is 0 Å². The van der Waals surface area contributed by atoms with Gasteiger partial charge in [-0.3, -0.25) is 0 Å². The summed E-state index contributed by atoms with van der Waals surface area (Å²) in [5.41, 5.74) is 16.8. The first-order valence-electron chi connectivity index (χ1n) is 18.7. The zero-order valence-electron chi connectivity index (χ0n) is 29.9. The molecule has 3 nitrogen and oxygen atoms in total. The van der Waals surface area contributed by atoms with Gasteiger partial charge in [0.05, 0.1) is 11.0 Å². The number of nitrogens with zero attached hydrogens (tertiary/aromatic N) is 1. The highest BCUT2D eigenvalue weighted by atomic mass is 16.3. The Morgan fingerprint density at radius 3 is 1.81 bits per heavy atom. The van der Waals surface area contributed by atoms with Gasteiger partial charge < -0.3 is 13.4 Å². The van der Waals surface area contributed by atoms with Gasteiger partial charge >= 0.3 is 0 Å². The van der Waals surface area contributed by atoms with E-state index in [2.05, 4.69) is 170 Å². The van der Waals surface area contributed by atoms with Crippen LogP contribution in [0.3, 0.4) is 0 Å². The summed E-state index contributed by atoms with van der Waals surface area (Å²) in [6.45, 7) is 4.69. The summed E-state index contributed by atoms with van der Waals surface area (Å²) in [6.07, 6.45) is 0. The first-order chi connectivity index (χ1) is 26.5. The van der Waals surface area contributed by atoms with E-state index in [0.717, 1.165) is 82.9 Å². The van der Waals surface area contributed by atoms with Gasteiger partial charge in [-0.05, 0) is 81.9 Å². The lowest BCUT2D eigenvalue weighted by atomic mass is 9.81. The topological polar surface area (TPSA) is 31.2 Å². The highest BCUT2D eigenvalue weighted by molar-refractivity contribution is 6.15. The van der Waals surface area contributed by atoms with Crippen LogP contribution < -0.4 is 0 Å². The quantitative estimate of drug-likeness (QED) is 0.185. The van der Waals surface area contributed by atoms with E-state index in [4.69, 9.17) is 8.83 Å². The summed E-state index contributed by atoms with van der Waals surface area (Å²) in [4.78, 5) is 0. The fourth-order valence-corrected chi connectivity index (χ4v) is 9.42. The third-order valence-corrected chi connectivity index (χ3v) is 12.0. The van der Waals surface area contributed by atoms with E-state index in [1.165, 1.54) is 33.0 Å². The molecule has 0 saturated carbocycles. The van der Waals surface area contributed by atoms with Crippen molar-refractivity contribution in [1.82, 2.24) is 4.57 Å². The molecular formula is C51H33NO2. The predicted molar refractivity (Wildman–Crippen MR) is 224 cm³/mol. The van der Waals surface area contributed by atoms with Crippen LogP contribution in [0.25, 0.3) is 105 Å². The Kier molecular flexibility index (Phi) is 5.84. The second-order valence-electron chi connectivity index (χ2n) is 15.3. The molecule has 1 aliphatic rings. The molecule has 0 saturated heterocycles. The van der Waals surface area contributed by atoms with Crippen LogP contribution in [-0.4, -0.2) is 4.57 Å². The van der Waals surface area contributed by atoms with E-state index < -0.39 is 0 Å². The van der Waals surface area contributed by atoms with E-state index in [0.29, 0.717) is 0 Å². The van der Waals surface area contributed by atoms with Gasteiger partial charge in [-0.25, -0.2) is 0 Å². The van der Waals surface area contributed by atoms with E-state index in [1.807, 2.05) is 12.1 Å². The minimum atomic E-state index is -0.107. The van der Waals surface area contributed by atoms with E-state index in [-0.39, 0.29) is 5.41 Å². The number of furan rings is 2. The standard InChI is InChI=1S/C51H33NO2/c1-51(2)43-18-7-3-12-34(43)35-24-22-31(27-44(35)51)40-28-32(29-42-38-15-6-10-21-48(38)54-50(40)42)52-45-19-8-4-13-36(45)41-26-30(23-25-46(41)52)33-16-11-17-39-37-14-5-9-20-47(37)53-49(33)39/h3-29H,1-2H3. The number of rotatable bonds is 3. The maximum absolute atomic E-state index is 6.72. The molecule has 0 radical (unpaired) electrons. The Morgan fingerprint density at radius 2 is 0.981 bits per heavy atom. The van der Waals surface area contributed by atoms with Gasteiger partial charge in [0.1, 0.15) is 22.3 Å². The molecule has 0 aliphatic heterocycles. The Hall–Kier alpha value is -6.84. The lowest BCUT2D eigenvalue weighted by Crippen LogP contribution is -2.14. The summed E-state index contributed by atoms with van der Waals surface area (Å²) in [6, 6.07) is 59.2. The molecule has 0 atom stereocenters. The Balaban J connectivity index is 1.11. The molecule has 3 heteroatoms. The Morgan fingerprint density at radius 1 is 0.389 bits per heavy atom. The molecule has 3 aromatic heterocycles. The molecule has 0 unspecified atom stereocenters. The first kappa shape index (κ1) is 29.7. The minimum absolute atomic E-state index is 0.107. The van der Waals surface area contributed by atoms with E-state index >= 15 is 0 Å². The molecule has 54 heavy (non-hydrogen) atoms. The van der Waals surface area contributed by atoms with Crippen LogP contribution in [0.15, 0.2) is 173 Å².